The van der Waals surface area contributed by atoms with Gasteiger partial charge in [0.1, 0.15) is 0 Å². The molecule has 0 bridgehead atoms. The van der Waals surface area contributed by atoms with Gasteiger partial charge in [-0.2, -0.15) is 4.31 Å². The van der Waals surface area contributed by atoms with Gasteiger partial charge in [-0.25, -0.2) is 8.42 Å². The van der Waals surface area contributed by atoms with E-state index >= 15 is 0 Å². The van der Waals surface area contributed by atoms with Gasteiger partial charge in [0.25, 0.3) is 0 Å². The molecule has 0 spiro atoms. The van der Waals surface area contributed by atoms with Crippen molar-refractivity contribution in [2.45, 2.75) is 31.8 Å². The maximum Gasteiger partial charge on any atom is 0.243 e. The van der Waals surface area contributed by atoms with Crippen LogP contribution in [0.4, 0.5) is 0 Å². The molecule has 2 aromatic rings. The molecular weight excluding hydrogens is 364 g/mol. The van der Waals surface area contributed by atoms with Gasteiger partial charge in [0, 0.05) is 31.7 Å². The second kappa shape index (κ2) is 9.73. The average Bonchev–Trinajstić information content (AvgIpc) is 2.68. The van der Waals surface area contributed by atoms with E-state index in [2.05, 4.69) is 5.32 Å². The minimum Gasteiger partial charge on any atom is -0.493 e. The Morgan fingerprint density at radius 2 is 1.59 bits per heavy atom. The van der Waals surface area contributed by atoms with Crippen molar-refractivity contribution in [2.24, 2.45) is 0 Å². The van der Waals surface area contributed by atoms with Gasteiger partial charge in [0.2, 0.25) is 10.0 Å². The van der Waals surface area contributed by atoms with Crippen molar-refractivity contribution in [3.8, 4) is 11.5 Å². The number of ether oxygens (including phenoxy) is 2. The zero-order valence-electron chi connectivity index (χ0n) is 16.4. The Labute approximate surface area is 162 Å². The summed E-state index contributed by atoms with van der Waals surface area (Å²) >= 11 is 0. The predicted molar refractivity (Wildman–Crippen MR) is 107 cm³/mol. The van der Waals surface area contributed by atoms with Gasteiger partial charge in [0.05, 0.1) is 19.1 Å². The van der Waals surface area contributed by atoms with E-state index in [1.165, 1.54) is 4.31 Å². The van der Waals surface area contributed by atoms with E-state index in [4.69, 9.17) is 9.47 Å². The second-order valence-electron chi connectivity index (χ2n) is 5.99. The molecule has 6 nitrogen and oxygen atoms in total. The monoisotopic (exact) mass is 392 g/mol. The van der Waals surface area contributed by atoms with Gasteiger partial charge < -0.3 is 14.8 Å². The summed E-state index contributed by atoms with van der Waals surface area (Å²) < 4.78 is 37.2. The highest BCUT2D eigenvalue weighted by atomic mass is 32.2. The highest BCUT2D eigenvalue weighted by molar-refractivity contribution is 7.89. The number of sulfonamides is 1. The van der Waals surface area contributed by atoms with E-state index in [0.717, 1.165) is 11.1 Å². The first-order chi connectivity index (χ1) is 13.0. The van der Waals surface area contributed by atoms with E-state index in [9.17, 15) is 8.42 Å². The number of benzene rings is 2. The van der Waals surface area contributed by atoms with Crippen LogP contribution in [0, 0.1) is 0 Å². The maximum atomic E-state index is 12.5. The van der Waals surface area contributed by atoms with Crippen molar-refractivity contribution in [1.29, 1.82) is 0 Å². The van der Waals surface area contributed by atoms with Crippen molar-refractivity contribution in [3.63, 3.8) is 0 Å². The smallest absolute Gasteiger partial charge is 0.243 e. The summed E-state index contributed by atoms with van der Waals surface area (Å²) in [5, 5.41) is 3.35. The van der Waals surface area contributed by atoms with Gasteiger partial charge in [-0.3, -0.25) is 0 Å². The third kappa shape index (κ3) is 5.00. The molecule has 0 aliphatic rings. The number of methoxy groups -OCH3 is 2. The Morgan fingerprint density at radius 3 is 2.15 bits per heavy atom. The van der Waals surface area contributed by atoms with E-state index < -0.39 is 10.0 Å². The summed E-state index contributed by atoms with van der Waals surface area (Å²) in [7, 11) is -0.180. The number of hydrogen-bond acceptors (Lipinski definition) is 5. The van der Waals surface area contributed by atoms with E-state index in [1.807, 2.05) is 44.2 Å². The first-order valence-electron chi connectivity index (χ1n) is 8.97. The lowest BCUT2D eigenvalue weighted by Crippen LogP contribution is -2.30. The van der Waals surface area contributed by atoms with E-state index in [-0.39, 0.29) is 0 Å². The quantitative estimate of drug-likeness (QED) is 0.673. The fourth-order valence-electron chi connectivity index (χ4n) is 2.93. The van der Waals surface area contributed by atoms with Crippen LogP contribution in [0.25, 0.3) is 0 Å². The molecular formula is C20H28N2O4S. The minimum absolute atomic E-state index is 0.324. The number of para-hydroxylation sites is 1. The summed E-state index contributed by atoms with van der Waals surface area (Å²) in [6.07, 6.45) is 0. The van der Waals surface area contributed by atoms with Crippen LogP contribution >= 0.6 is 0 Å². The Kier molecular flexibility index (Phi) is 7.65. The van der Waals surface area contributed by atoms with Crippen LogP contribution in [0.15, 0.2) is 47.4 Å². The summed E-state index contributed by atoms with van der Waals surface area (Å²) in [5.41, 5.74) is 2.01. The molecule has 0 saturated heterocycles. The van der Waals surface area contributed by atoms with Crippen LogP contribution in [-0.4, -0.2) is 40.0 Å². The minimum atomic E-state index is -3.42. The fourth-order valence-corrected chi connectivity index (χ4v) is 4.38. The number of rotatable bonds is 10. The molecule has 0 aliphatic carbocycles. The molecule has 7 heteroatoms. The highest BCUT2D eigenvalue weighted by Gasteiger charge is 2.21. The third-order valence-corrected chi connectivity index (χ3v) is 6.46. The molecule has 0 fully saturated rings. The number of nitrogens with one attached hydrogen (secondary N) is 1. The van der Waals surface area contributed by atoms with Gasteiger partial charge in [-0.1, -0.05) is 38.1 Å². The molecule has 0 aromatic heterocycles. The lowest BCUT2D eigenvalue weighted by atomic mass is 10.1. The SMILES string of the molecule is CCN(CC)S(=O)(=O)c1ccc(CNCc2cccc(OC)c2OC)cc1. The van der Waals surface area contributed by atoms with Crippen LogP contribution in [0.2, 0.25) is 0 Å². The average molecular weight is 393 g/mol. The van der Waals surface area contributed by atoms with Gasteiger partial charge in [-0.15, -0.1) is 0 Å². The first kappa shape index (κ1) is 21.2. The first-order valence-corrected chi connectivity index (χ1v) is 10.4. The van der Waals surface area contributed by atoms with Gasteiger partial charge >= 0.3 is 0 Å². The summed E-state index contributed by atoms with van der Waals surface area (Å²) in [6, 6.07) is 12.8. The van der Waals surface area contributed by atoms with Crippen LogP contribution in [-0.2, 0) is 23.1 Å². The lowest BCUT2D eigenvalue weighted by Gasteiger charge is -2.18. The molecule has 148 valence electrons. The number of nitrogens with zero attached hydrogens (tertiary/aromatic N) is 1. The van der Waals surface area contributed by atoms with E-state index in [0.29, 0.717) is 42.6 Å². The normalized spacial score (nSPS) is 11.6. The molecule has 0 amide bonds. The van der Waals surface area contributed by atoms with Gasteiger partial charge in [0.15, 0.2) is 11.5 Å². The topological polar surface area (TPSA) is 67.9 Å². The molecule has 27 heavy (non-hydrogen) atoms. The third-order valence-electron chi connectivity index (χ3n) is 4.40. The molecule has 0 radical (unpaired) electrons. The van der Waals surface area contributed by atoms with Crippen LogP contribution in [0.5, 0.6) is 11.5 Å². The molecule has 0 heterocycles. The molecule has 0 saturated carbocycles. The van der Waals surface area contributed by atoms with Gasteiger partial charge in [-0.05, 0) is 23.8 Å². The van der Waals surface area contributed by atoms with Crippen LogP contribution in [0.3, 0.4) is 0 Å². The largest absolute Gasteiger partial charge is 0.493 e. The van der Waals surface area contributed by atoms with Crippen molar-refractivity contribution in [2.75, 3.05) is 27.3 Å². The second-order valence-corrected chi connectivity index (χ2v) is 7.93. The van der Waals surface area contributed by atoms with Crippen molar-refractivity contribution < 1.29 is 17.9 Å². The van der Waals surface area contributed by atoms with Crippen molar-refractivity contribution >= 4 is 10.0 Å². The van der Waals surface area contributed by atoms with Crippen LogP contribution < -0.4 is 14.8 Å². The molecule has 2 rings (SSSR count). The molecule has 0 atom stereocenters. The standard InChI is InChI=1S/C20H28N2O4S/c1-5-22(6-2)27(23,24)18-12-10-16(11-13-18)14-21-15-17-8-7-9-19(25-3)20(17)26-4/h7-13,21H,5-6,14-15H2,1-4H3. The predicted octanol–water partition coefficient (Wildman–Crippen LogP) is 3.02. The molecule has 0 unspecified atom stereocenters. The Balaban J connectivity index is 2.02. The maximum absolute atomic E-state index is 12.5. The molecule has 1 N–H and O–H groups in total. The Morgan fingerprint density at radius 1 is 0.926 bits per heavy atom. The number of hydrogen-bond donors (Lipinski definition) is 1. The van der Waals surface area contributed by atoms with E-state index in [1.54, 1.807) is 26.4 Å². The van der Waals surface area contributed by atoms with Crippen molar-refractivity contribution in [1.82, 2.24) is 9.62 Å². The summed E-state index contributed by atoms with van der Waals surface area (Å²) in [5.74, 6) is 1.41. The lowest BCUT2D eigenvalue weighted by molar-refractivity contribution is 0.350. The summed E-state index contributed by atoms with van der Waals surface area (Å²) in [6.45, 7) is 5.83. The fraction of sp³-hybridized carbons (Fsp3) is 0.400. The van der Waals surface area contributed by atoms with Crippen molar-refractivity contribution in [3.05, 3.63) is 53.6 Å². The molecule has 2 aromatic carbocycles. The van der Waals surface area contributed by atoms with Crippen LogP contribution in [0.1, 0.15) is 25.0 Å². The molecule has 0 aliphatic heterocycles. The zero-order chi connectivity index (χ0) is 19.9. The Hall–Kier alpha value is -2.09. The summed E-state index contributed by atoms with van der Waals surface area (Å²) in [4.78, 5) is 0.324. The zero-order valence-corrected chi connectivity index (χ0v) is 17.2. The Bertz CT molecular complexity index is 832. The highest BCUT2D eigenvalue weighted by Crippen LogP contribution is 2.30.